The number of carbonyl (C=O) groups is 1. The lowest BCUT2D eigenvalue weighted by atomic mass is 9.94. The first-order valence-electron chi connectivity index (χ1n) is 11.2. The molecule has 2 aliphatic heterocycles. The molecule has 0 atom stereocenters. The van der Waals surface area contributed by atoms with Gasteiger partial charge in [-0.3, -0.25) is 4.79 Å². The molecule has 2 fully saturated rings. The molecular formula is C24H27N5O3. The van der Waals surface area contributed by atoms with Crippen LogP contribution in [-0.2, 0) is 9.53 Å². The fraction of sp³-hybridized carbons (Fsp3) is 0.417. The Morgan fingerprint density at radius 3 is 2.53 bits per heavy atom. The van der Waals surface area contributed by atoms with Crippen LogP contribution in [0.15, 0.2) is 47.1 Å². The van der Waals surface area contributed by atoms with Crippen LogP contribution >= 0.6 is 0 Å². The summed E-state index contributed by atoms with van der Waals surface area (Å²) in [5.41, 5.74) is 2.91. The largest absolute Gasteiger partial charge is 0.378 e. The normalized spacial score (nSPS) is 17.5. The van der Waals surface area contributed by atoms with Crippen LogP contribution in [0.1, 0.15) is 18.4 Å². The van der Waals surface area contributed by atoms with Gasteiger partial charge in [0, 0.05) is 43.9 Å². The minimum atomic E-state index is 0.0630. The summed E-state index contributed by atoms with van der Waals surface area (Å²) in [7, 11) is 0. The standard InChI is InChI=1S/C24H27N5O3/c1-17-4-6-18(7-5-17)21-26-23(32-27-21)20-3-2-10-25-22(20)28-11-8-19(9-12-28)24(30)29-13-15-31-16-14-29/h2-7,10,19H,8-9,11-16H2,1H3. The average Bonchev–Trinajstić information content (AvgIpc) is 3.35. The number of aryl methyl sites for hydroxylation is 1. The number of rotatable bonds is 4. The number of amides is 1. The first-order chi connectivity index (χ1) is 15.7. The molecule has 0 saturated carbocycles. The molecule has 0 bridgehead atoms. The maximum Gasteiger partial charge on any atom is 0.261 e. The lowest BCUT2D eigenvalue weighted by molar-refractivity contribution is -0.140. The molecule has 0 unspecified atom stereocenters. The van der Waals surface area contributed by atoms with Crippen LogP contribution in [-0.4, -0.2) is 65.3 Å². The van der Waals surface area contributed by atoms with Crippen LogP contribution in [0, 0.1) is 12.8 Å². The number of piperidine rings is 1. The van der Waals surface area contributed by atoms with Crippen LogP contribution in [0.3, 0.4) is 0 Å². The number of hydrogen-bond acceptors (Lipinski definition) is 7. The number of pyridine rings is 1. The smallest absolute Gasteiger partial charge is 0.261 e. The maximum atomic E-state index is 12.8. The number of morpholine rings is 1. The minimum Gasteiger partial charge on any atom is -0.378 e. The molecule has 8 nitrogen and oxygen atoms in total. The van der Waals surface area contributed by atoms with Gasteiger partial charge in [0.2, 0.25) is 11.7 Å². The van der Waals surface area contributed by atoms with Crippen LogP contribution in [0.4, 0.5) is 5.82 Å². The van der Waals surface area contributed by atoms with Crippen LogP contribution in [0.5, 0.6) is 0 Å². The van der Waals surface area contributed by atoms with Crippen molar-refractivity contribution in [3.05, 3.63) is 48.2 Å². The number of anilines is 1. The van der Waals surface area contributed by atoms with Gasteiger partial charge in [0.05, 0.1) is 18.8 Å². The lowest BCUT2D eigenvalue weighted by Gasteiger charge is -2.36. The zero-order chi connectivity index (χ0) is 21.9. The van der Waals surface area contributed by atoms with Gasteiger partial charge in [0.25, 0.3) is 5.89 Å². The molecule has 1 amide bonds. The van der Waals surface area contributed by atoms with E-state index in [4.69, 9.17) is 9.26 Å². The van der Waals surface area contributed by atoms with Crippen molar-refractivity contribution in [3.8, 4) is 22.8 Å². The summed E-state index contributed by atoms with van der Waals surface area (Å²) >= 11 is 0. The van der Waals surface area contributed by atoms with Crippen LogP contribution in [0.2, 0.25) is 0 Å². The molecule has 0 N–H and O–H groups in total. The third-order valence-electron chi connectivity index (χ3n) is 6.22. The van der Waals surface area contributed by atoms with Crippen LogP contribution in [0.25, 0.3) is 22.8 Å². The van der Waals surface area contributed by atoms with Crippen molar-refractivity contribution in [1.29, 1.82) is 0 Å². The van der Waals surface area contributed by atoms with E-state index in [2.05, 4.69) is 20.0 Å². The highest BCUT2D eigenvalue weighted by Gasteiger charge is 2.31. The van der Waals surface area contributed by atoms with Crippen molar-refractivity contribution in [2.75, 3.05) is 44.3 Å². The highest BCUT2D eigenvalue weighted by molar-refractivity contribution is 5.79. The molecule has 166 valence electrons. The summed E-state index contributed by atoms with van der Waals surface area (Å²) in [5.74, 6) is 2.16. The van der Waals surface area contributed by atoms with E-state index in [0.717, 1.165) is 42.9 Å². The quantitative estimate of drug-likeness (QED) is 0.625. The van der Waals surface area contributed by atoms with E-state index in [1.807, 2.05) is 48.2 Å². The molecular weight excluding hydrogens is 406 g/mol. The molecule has 0 radical (unpaired) electrons. The fourth-order valence-electron chi connectivity index (χ4n) is 4.35. The van der Waals surface area contributed by atoms with Crippen molar-refractivity contribution in [1.82, 2.24) is 20.0 Å². The van der Waals surface area contributed by atoms with Gasteiger partial charge >= 0.3 is 0 Å². The predicted octanol–water partition coefficient (Wildman–Crippen LogP) is 3.18. The molecule has 32 heavy (non-hydrogen) atoms. The van der Waals surface area contributed by atoms with Gasteiger partial charge in [-0.25, -0.2) is 4.98 Å². The number of hydrogen-bond donors (Lipinski definition) is 0. The van der Waals surface area contributed by atoms with Gasteiger partial charge in [-0.2, -0.15) is 4.98 Å². The van der Waals surface area contributed by atoms with Gasteiger partial charge in [-0.1, -0.05) is 35.0 Å². The molecule has 2 aliphatic rings. The van der Waals surface area contributed by atoms with Crippen molar-refractivity contribution < 1.29 is 14.1 Å². The molecule has 8 heteroatoms. The SMILES string of the molecule is Cc1ccc(-c2noc(-c3cccnc3N3CCC(C(=O)N4CCOCC4)CC3)n2)cc1. The Morgan fingerprint density at radius 2 is 1.78 bits per heavy atom. The van der Waals surface area contributed by atoms with Crippen LogP contribution < -0.4 is 4.90 Å². The predicted molar refractivity (Wildman–Crippen MR) is 120 cm³/mol. The van der Waals surface area contributed by atoms with E-state index in [9.17, 15) is 4.79 Å². The monoisotopic (exact) mass is 433 g/mol. The molecule has 4 heterocycles. The van der Waals surface area contributed by atoms with E-state index in [0.29, 0.717) is 38.0 Å². The summed E-state index contributed by atoms with van der Waals surface area (Å²) in [5, 5.41) is 4.17. The Bertz CT molecular complexity index is 1070. The lowest BCUT2D eigenvalue weighted by Crippen LogP contribution is -2.47. The van der Waals surface area contributed by atoms with Crippen molar-refractivity contribution in [3.63, 3.8) is 0 Å². The molecule has 5 rings (SSSR count). The average molecular weight is 434 g/mol. The Balaban J connectivity index is 1.30. The van der Waals surface area contributed by atoms with Gasteiger partial charge in [-0.05, 0) is 31.9 Å². The Morgan fingerprint density at radius 1 is 1.03 bits per heavy atom. The van der Waals surface area contributed by atoms with E-state index < -0.39 is 0 Å². The Kier molecular flexibility index (Phi) is 5.85. The summed E-state index contributed by atoms with van der Waals surface area (Å²) < 4.78 is 11.0. The molecule has 2 saturated heterocycles. The second-order valence-electron chi connectivity index (χ2n) is 8.36. The van der Waals surface area contributed by atoms with E-state index in [1.54, 1.807) is 6.20 Å². The fourth-order valence-corrected chi connectivity index (χ4v) is 4.35. The van der Waals surface area contributed by atoms with Crippen molar-refractivity contribution >= 4 is 11.7 Å². The van der Waals surface area contributed by atoms with Gasteiger partial charge in [0.1, 0.15) is 5.82 Å². The first kappa shape index (κ1) is 20.6. The Labute approximate surface area is 187 Å². The van der Waals surface area contributed by atoms with E-state index in [1.165, 1.54) is 5.56 Å². The summed E-state index contributed by atoms with van der Waals surface area (Å²) in [6.07, 6.45) is 3.40. The van der Waals surface area contributed by atoms with Gasteiger partial charge < -0.3 is 19.1 Å². The minimum absolute atomic E-state index is 0.0630. The number of carbonyl (C=O) groups excluding carboxylic acids is 1. The first-order valence-corrected chi connectivity index (χ1v) is 11.2. The third-order valence-corrected chi connectivity index (χ3v) is 6.22. The number of nitrogens with zero attached hydrogens (tertiary/aromatic N) is 5. The maximum absolute atomic E-state index is 12.8. The van der Waals surface area contributed by atoms with Crippen molar-refractivity contribution in [2.24, 2.45) is 5.92 Å². The highest BCUT2D eigenvalue weighted by Crippen LogP contribution is 2.32. The second kappa shape index (κ2) is 9.08. The molecule has 1 aromatic carbocycles. The zero-order valence-electron chi connectivity index (χ0n) is 18.2. The van der Waals surface area contributed by atoms with E-state index in [-0.39, 0.29) is 11.8 Å². The van der Waals surface area contributed by atoms with E-state index >= 15 is 0 Å². The van der Waals surface area contributed by atoms with Gasteiger partial charge in [-0.15, -0.1) is 0 Å². The third kappa shape index (κ3) is 4.23. The van der Waals surface area contributed by atoms with Crippen molar-refractivity contribution in [2.45, 2.75) is 19.8 Å². The Hall–Kier alpha value is -3.26. The number of ether oxygens (including phenoxy) is 1. The summed E-state index contributed by atoms with van der Waals surface area (Å²) in [6.45, 7) is 6.25. The summed E-state index contributed by atoms with van der Waals surface area (Å²) in [4.78, 5) is 26.2. The molecule has 2 aromatic heterocycles. The highest BCUT2D eigenvalue weighted by atomic mass is 16.5. The molecule has 0 aliphatic carbocycles. The van der Waals surface area contributed by atoms with Gasteiger partial charge in [0.15, 0.2) is 0 Å². The molecule has 3 aromatic rings. The zero-order valence-corrected chi connectivity index (χ0v) is 18.2. The number of aromatic nitrogens is 3. The second-order valence-corrected chi connectivity index (χ2v) is 8.36. The molecule has 0 spiro atoms. The summed E-state index contributed by atoms with van der Waals surface area (Å²) in [6, 6.07) is 11.9. The number of benzene rings is 1. The topological polar surface area (TPSA) is 84.6 Å².